The number of hydrogen-bond acceptors (Lipinski definition) is 5. The van der Waals surface area contributed by atoms with Gasteiger partial charge in [-0.2, -0.15) is 10.2 Å². The molecule has 7 nitrogen and oxygen atoms in total. The molecule has 0 radical (unpaired) electrons. The van der Waals surface area contributed by atoms with E-state index in [0.29, 0.717) is 65.1 Å². The van der Waals surface area contributed by atoms with Gasteiger partial charge in [-0.3, -0.25) is 9.59 Å². The van der Waals surface area contributed by atoms with E-state index < -0.39 is 5.66 Å². The monoisotopic (exact) mass is 346 g/mol. The van der Waals surface area contributed by atoms with Crippen molar-refractivity contribution in [3.05, 3.63) is 0 Å². The SMILES string of the molecule is C#CCCC1(CCC(=O)N2C[C@@H](C)[C@H](C(=O)N3CCOCC3)C2)N=N1. The van der Waals surface area contributed by atoms with Gasteiger partial charge in [0.25, 0.3) is 0 Å². The number of nitrogens with zero attached hydrogens (tertiary/aromatic N) is 4. The lowest BCUT2D eigenvalue weighted by atomic mass is 9.96. The molecule has 0 aromatic rings. The molecule has 136 valence electrons. The summed E-state index contributed by atoms with van der Waals surface area (Å²) in [5.74, 6) is 2.92. The van der Waals surface area contributed by atoms with E-state index in [0.717, 1.165) is 0 Å². The van der Waals surface area contributed by atoms with E-state index >= 15 is 0 Å². The number of terminal acetylenes is 1. The Morgan fingerprint density at radius 1 is 1.20 bits per heavy atom. The van der Waals surface area contributed by atoms with Crippen LogP contribution in [-0.2, 0) is 14.3 Å². The molecule has 0 aromatic heterocycles. The van der Waals surface area contributed by atoms with E-state index in [1.165, 1.54) is 0 Å². The van der Waals surface area contributed by atoms with Crippen molar-refractivity contribution in [3.8, 4) is 12.3 Å². The lowest BCUT2D eigenvalue weighted by Gasteiger charge is -2.30. The summed E-state index contributed by atoms with van der Waals surface area (Å²) in [6, 6.07) is 0. The van der Waals surface area contributed by atoms with Crippen LogP contribution in [0.3, 0.4) is 0 Å². The number of carbonyl (C=O) groups excluding carboxylic acids is 2. The van der Waals surface area contributed by atoms with Crippen LogP contribution in [0.25, 0.3) is 0 Å². The second kappa shape index (κ2) is 7.52. The fourth-order valence-corrected chi connectivity index (χ4v) is 3.64. The van der Waals surface area contributed by atoms with Crippen LogP contribution in [0.1, 0.15) is 32.6 Å². The molecule has 0 spiro atoms. The Balaban J connectivity index is 1.48. The van der Waals surface area contributed by atoms with Gasteiger partial charge in [0.1, 0.15) is 0 Å². The Kier molecular flexibility index (Phi) is 5.38. The number of rotatable bonds is 6. The summed E-state index contributed by atoms with van der Waals surface area (Å²) in [5, 5.41) is 8.15. The van der Waals surface area contributed by atoms with Gasteiger partial charge in [-0.15, -0.1) is 12.3 Å². The van der Waals surface area contributed by atoms with E-state index in [2.05, 4.69) is 23.1 Å². The third kappa shape index (κ3) is 4.18. The summed E-state index contributed by atoms with van der Waals surface area (Å²) in [4.78, 5) is 28.9. The molecule has 3 aliphatic rings. The maximum atomic E-state index is 12.7. The average molecular weight is 346 g/mol. The Hall–Kier alpha value is -1.94. The van der Waals surface area contributed by atoms with Gasteiger partial charge in [0, 0.05) is 51.9 Å². The smallest absolute Gasteiger partial charge is 0.227 e. The molecule has 2 saturated heterocycles. The molecule has 7 heteroatoms. The van der Waals surface area contributed by atoms with Gasteiger partial charge in [0.2, 0.25) is 11.8 Å². The highest BCUT2D eigenvalue weighted by Gasteiger charge is 2.42. The fourth-order valence-electron chi connectivity index (χ4n) is 3.64. The van der Waals surface area contributed by atoms with Crippen molar-refractivity contribution in [1.82, 2.24) is 9.80 Å². The second-order valence-corrected chi connectivity index (χ2v) is 7.21. The van der Waals surface area contributed by atoms with Crippen molar-refractivity contribution in [2.45, 2.75) is 38.3 Å². The molecule has 3 heterocycles. The maximum absolute atomic E-state index is 12.7. The molecule has 0 aromatic carbocycles. The van der Waals surface area contributed by atoms with Crippen molar-refractivity contribution in [2.75, 3.05) is 39.4 Å². The Labute approximate surface area is 148 Å². The first-order valence-electron chi connectivity index (χ1n) is 9.06. The first-order valence-corrected chi connectivity index (χ1v) is 9.06. The third-order valence-electron chi connectivity index (χ3n) is 5.40. The number of ether oxygens (including phenoxy) is 1. The molecule has 2 fully saturated rings. The molecule has 0 N–H and O–H groups in total. The van der Waals surface area contributed by atoms with Crippen molar-refractivity contribution >= 4 is 11.8 Å². The third-order valence-corrected chi connectivity index (χ3v) is 5.40. The fraction of sp³-hybridized carbons (Fsp3) is 0.778. The van der Waals surface area contributed by atoms with Crippen molar-refractivity contribution < 1.29 is 14.3 Å². The summed E-state index contributed by atoms with van der Waals surface area (Å²) in [6.45, 7) is 5.71. The highest BCUT2D eigenvalue weighted by molar-refractivity contribution is 5.82. The van der Waals surface area contributed by atoms with Gasteiger partial charge in [-0.05, 0) is 5.92 Å². The van der Waals surface area contributed by atoms with E-state index in [4.69, 9.17) is 11.2 Å². The van der Waals surface area contributed by atoms with Gasteiger partial charge in [-0.25, -0.2) is 0 Å². The molecule has 0 unspecified atom stereocenters. The summed E-state index contributed by atoms with van der Waals surface area (Å²) < 4.78 is 5.31. The van der Waals surface area contributed by atoms with Crippen LogP contribution in [0.15, 0.2) is 10.2 Å². The van der Waals surface area contributed by atoms with Crippen LogP contribution in [0.5, 0.6) is 0 Å². The van der Waals surface area contributed by atoms with Crippen LogP contribution in [-0.4, -0.2) is 66.7 Å². The normalized spacial score (nSPS) is 27.2. The average Bonchev–Trinajstić information content (AvgIpc) is 3.31. The second-order valence-electron chi connectivity index (χ2n) is 7.21. The summed E-state index contributed by atoms with van der Waals surface area (Å²) in [5.41, 5.74) is -0.420. The summed E-state index contributed by atoms with van der Waals surface area (Å²) >= 11 is 0. The van der Waals surface area contributed by atoms with Crippen LogP contribution in [0.2, 0.25) is 0 Å². The van der Waals surface area contributed by atoms with Gasteiger partial charge < -0.3 is 14.5 Å². The Morgan fingerprint density at radius 3 is 2.56 bits per heavy atom. The number of likely N-dealkylation sites (tertiary alicyclic amines) is 1. The van der Waals surface area contributed by atoms with E-state index in [9.17, 15) is 9.59 Å². The minimum Gasteiger partial charge on any atom is -0.378 e. The Morgan fingerprint density at radius 2 is 1.92 bits per heavy atom. The first kappa shape index (κ1) is 17.9. The molecule has 3 rings (SSSR count). The predicted octanol–water partition coefficient (Wildman–Crippen LogP) is 1.30. The number of morpholine rings is 1. The van der Waals surface area contributed by atoms with Crippen molar-refractivity contribution in [3.63, 3.8) is 0 Å². The number of amides is 2. The van der Waals surface area contributed by atoms with Gasteiger partial charge in [0.15, 0.2) is 5.66 Å². The zero-order valence-electron chi connectivity index (χ0n) is 14.8. The maximum Gasteiger partial charge on any atom is 0.227 e. The lowest BCUT2D eigenvalue weighted by Crippen LogP contribution is -2.45. The zero-order chi connectivity index (χ0) is 17.9. The molecular formula is C18H26N4O3. The molecule has 3 aliphatic heterocycles. The van der Waals surface area contributed by atoms with E-state index in [1.54, 1.807) is 0 Å². The molecular weight excluding hydrogens is 320 g/mol. The molecule has 2 amide bonds. The van der Waals surface area contributed by atoms with E-state index in [-0.39, 0.29) is 23.7 Å². The molecule has 0 bridgehead atoms. The molecule has 0 saturated carbocycles. The largest absolute Gasteiger partial charge is 0.378 e. The number of carbonyl (C=O) groups is 2. The Bertz CT molecular complexity index is 586. The van der Waals surface area contributed by atoms with Crippen LogP contribution < -0.4 is 0 Å². The van der Waals surface area contributed by atoms with Crippen LogP contribution in [0.4, 0.5) is 0 Å². The molecule has 0 aliphatic carbocycles. The van der Waals surface area contributed by atoms with Gasteiger partial charge >= 0.3 is 0 Å². The minimum absolute atomic E-state index is 0.0847. The highest BCUT2D eigenvalue weighted by Crippen LogP contribution is 2.38. The molecule has 2 atom stereocenters. The predicted molar refractivity (Wildman–Crippen MR) is 91.5 cm³/mol. The molecule has 25 heavy (non-hydrogen) atoms. The zero-order valence-corrected chi connectivity index (χ0v) is 14.8. The minimum atomic E-state index is -0.420. The van der Waals surface area contributed by atoms with Gasteiger partial charge in [-0.1, -0.05) is 6.92 Å². The van der Waals surface area contributed by atoms with Crippen molar-refractivity contribution in [2.24, 2.45) is 22.1 Å². The quantitative estimate of drug-likeness (QED) is 0.680. The highest BCUT2D eigenvalue weighted by atomic mass is 16.5. The summed E-state index contributed by atoms with van der Waals surface area (Å²) in [6.07, 6.45) is 7.64. The van der Waals surface area contributed by atoms with Crippen molar-refractivity contribution in [1.29, 1.82) is 0 Å². The first-order chi connectivity index (χ1) is 12.0. The standard InChI is InChI=1S/C18H26N4O3/c1-3-4-6-18(19-20-18)7-5-16(23)22-12-14(2)15(13-22)17(24)21-8-10-25-11-9-21/h1,14-15H,4-13H2,2H3/t14-,15-/m1/s1. The van der Waals surface area contributed by atoms with Crippen LogP contribution in [0, 0.1) is 24.2 Å². The lowest BCUT2D eigenvalue weighted by molar-refractivity contribution is -0.140. The topological polar surface area (TPSA) is 74.6 Å². The summed E-state index contributed by atoms with van der Waals surface area (Å²) in [7, 11) is 0. The number of hydrogen-bond donors (Lipinski definition) is 0. The van der Waals surface area contributed by atoms with Crippen LogP contribution >= 0.6 is 0 Å². The van der Waals surface area contributed by atoms with E-state index in [1.807, 2.05) is 9.80 Å². The van der Waals surface area contributed by atoms with Gasteiger partial charge in [0.05, 0.1) is 19.1 Å².